The van der Waals surface area contributed by atoms with Crippen LogP contribution in [0.2, 0.25) is 0 Å². The van der Waals surface area contributed by atoms with Crippen LogP contribution in [0.25, 0.3) is 0 Å². The summed E-state index contributed by atoms with van der Waals surface area (Å²) >= 11 is 0. The Kier molecular flexibility index (Phi) is 5.72. The van der Waals surface area contributed by atoms with Gasteiger partial charge in [0.1, 0.15) is 6.10 Å². The molecule has 158 valence electrons. The Morgan fingerprint density at radius 3 is 2.55 bits per heavy atom. The van der Waals surface area contributed by atoms with Crippen LogP contribution >= 0.6 is 0 Å². The number of aliphatic hydroxyl groups excluding tert-OH is 1. The van der Waals surface area contributed by atoms with Gasteiger partial charge in [0.15, 0.2) is 6.17 Å². The van der Waals surface area contributed by atoms with Crippen LogP contribution in [-0.2, 0) is 17.1 Å². The summed E-state index contributed by atoms with van der Waals surface area (Å²) in [5.41, 5.74) is -4.41. The number of hydroxylamine groups is 2. The topological polar surface area (TPSA) is 148 Å². The van der Waals surface area contributed by atoms with Gasteiger partial charge in [0, 0.05) is 18.3 Å². The number of aryl methyl sites for hydroxylation is 1. The molecule has 1 aromatic carbocycles. The molecule has 1 saturated heterocycles. The summed E-state index contributed by atoms with van der Waals surface area (Å²) in [5, 5.41) is 42.1. The lowest BCUT2D eigenvalue weighted by molar-refractivity contribution is -0.407. The average molecular weight is 411 g/mol. The zero-order valence-electron chi connectivity index (χ0n) is 15.5. The minimum atomic E-state index is -3.16. The van der Waals surface area contributed by atoms with Crippen molar-refractivity contribution in [1.82, 2.24) is 14.6 Å². The summed E-state index contributed by atoms with van der Waals surface area (Å²) in [6.07, 6.45) is -3.23. The minimum absolute atomic E-state index is 0.0411. The number of aromatic amines is 1. The predicted octanol–water partition coefficient (Wildman–Crippen LogP) is -1.20. The van der Waals surface area contributed by atoms with Crippen LogP contribution in [-0.4, -0.2) is 66.3 Å². The highest BCUT2D eigenvalue weighted by Crippen LogP contribution is 2.44. The van der Waals surface area contributed by atoms with Gasteiger partial charge >= 0.3 is 11.6 Å². The van der Waals surface area contributed by atoms with Crippen molar-refractivity contribution >= 4 is 0 Å². The van der Waals surface area contributed by atoms with E-state index in [1.165, 1.54) is 6.92 Å². The molecule has 11 heteroatoms. The van der Waals surface area contributed by atoms with E-state index in [9.17, 15) is 30.1 Å². The third-order valence-corrected chi connectivity index (χ3v) is 4.98. The van der Waals surface area contributed by atoms with E-state index in [1.807, 2.05) is 4.98 Å². The maximum absolute atomic E-state index is 15.0. The van der Waals surface area contributed by atoms with E-state index >= 15 is 4.39 Å². The van der Waals surface area contributed by atoms with Crippen LogP contribution < -0.4 is 11.2 Å². The molecular weight excluding hydrogens is 389 g/mol. The fourth-order valence-electron chi connectivity index (χ4n) is 3.31. The van der Waals surface area contributed by atoms with Gasteiger partial charge in [-0.05, 0) is 18.9 Å². The van der Waals surface area contributed by atoms with E-state index in [0.717, 1.165) is 11.8 Å². The van der Waals surface area contributed by atoms with Crippen molar-refractivity contribution in [2.45, 2.75) is 37.3 Å². The maximum atomic E-state index is 15.0. The highest BCUT2D eigenvalue weighted by molar-refractivity contribution is 5.15. The Labute approximate surface area is 164 Å². The SMILES string of the molecule is Cc1cn([C@]2(O)O[C@H](CO)C(F)[C@]2(O)N(O)CCc2ccccc2)c(=O)[nH]c1=O. The molecular formula is C18H22FN3O7. The number of rotatable bonds is 6. The average Bonchev–Trinajstić information content (AvgIpc) is 2.91. The molecule has 0 amide bonds. The van der Waals surface area contributed by atoms with Gasteiger partial charge in [0.2, 0.25) is 0 Å². The summed E-state index contributed by atoms with van der Waals surface area (Å²) < 4.78 is 20.5. The third-order valence-electron chi connectivity index (χ3n) is 4.98. The standard InChI is InChI=1S/C18H22FN3O7/c1-11-9-21(16(25)20-15(11)24)18(27)17(26,14(19)13(10-23)29-18)22(28)8-7-12-5-3-2-4-6-12/h2-6,9,13-14,23,26-28H,7-8,10H2,1H3,(H,20,24,25)/t13-,14?,17-,18-/m1/s1. The monoisotopic (exact) mass is 411 g/mol. The first-order chi connectivity index (χ1) is 13.6. The number of hydrogen-bond donors (Lipinski definition) is 5. The van der Waals surface area contributed by atoms with Gasteiger partial charge in [0.25, 0.3) is 11.3 Å². The summed E-state index contributed by atoms with van der Waals surface area (Å²) in [6, 6.07) is 8.78. The van der Waals surface area contributed by atoms with E-state index in [0.29, 0.717) is 4.57 Å². The van der Waals surface area contributed by atoms with Crippen LogP contribution in [0.5, 0.6) is 0 Å². The molecule has 4 atom stereocenters. The van der Waals surface area contributed by atoms with Crippen molar-refractivity contribution in [3.63, 3.8) is 0 Å². The molecule has 2 heterocycles. The molecule has 10 nitrogen and oxygen atoms in total. The van der Waals surface area contributed by atoms with Crippen LogP contribution in [0.4, 0.5) is 4.39 Å². The molecule has 3 rings (SSSR count). The number of benzene rings is 1. The molecule has 0 aliphatic carbocycles. The van der Waals surface area contributed by atoms with Crippen molar-refractivity contribution in [2.75, 3.05) is 13.2 Å². The Bertz CT molecular complexity index is 981. The zero-order valence-corrected chi connectivity index (χ0v) is 15.5. The predicted molar refractivity (Wildman–Crippen MR) is 96.7 cm³/mol. The van der Waals surface area contributed by atoms with Gasteiger partial charge in [-0.25, -0.2) is 13.8 Å². The molecule has 5 N–H and O–H groups in total. The first-order valence-corrected chi connectivity index (χ1v) is 8.86. The summed E-state index contributed by atoms with van der Waals surface area (Å²) in [7, 11) is 0. The van der Waals surface area contributed by atoms with Crippen molar-refractivity contribution < 1.29 is 29.7 Å². The summed E-state index contributed by atoms with van der Waals surface area (Å²) in [6.45, 7) is 0.0198. The molecule has 1 fully saturated rings. The van der Waals surface area contributed by atoms with Gasteiger partial charge < -0.3 is 25.3 Å². The molecule has 1 aromatic heterocycles. The third kappa shape index (κ3) is 3.41. The van der Waals surface area contributed by atoms with Crippen molar-refractivity contribution in [3.05, 3.63) is 68.5 Å². The molecule has 0 bridgehead atoms. The van der Waals surface area contributed by atoms with E-state index in [2.05, 4.69) is 0 Å². The number of nitrogens with zero attached hydrogens (tertiary/aromatic N) is 2. The van der Waals surface area contributed by atoms with E-state index in [-0.39, 0.29) is 23.6 Å². The number of H-pyrrole nitrogens is 1. The van der Waals surface area contributed by atoms with E-state index in [4.69, 9.17) is 4.74 Å². The van der Waals surface area contributed by atoms with Crippen molar-refractivity contribution in [2.24, 2.45) is 0 Å². The fraction of sp³-hybridized carbons (Fsp3) is 0.444. The molecule has 2 aromatic rings. The molecule has 29 heavy (non-hydrogen) atoms. The highest BCUT2D eigenvalue weighted by Gasteiger charge is 2.71. The second-order valence-electron chi connectivity index (χ2n) is 6.88. The minimum Gasteiger partial charge on any atom is -0.394 e. The summed E-state index contributed by atoms with van der Waals surface area (Å²) in [4.78, 5) is 25.8. The smallest absolute Gasteiger partial charge is 0.332 e. The normalized spacial score (nSPS) is 29.5. The van der Waals surface area contributed by atoms with Gasteiger partial charge in [-0.3, -0.25) is 9.78 Å². The highest BCUT2D eigenvalue weighted by atomic mass is 19.1. The molecule has 1 unspecified atom stereocenters. The van der Waals surface area contributed by atoms with Crippen LogP contribution in [0.1, 0.15) is 11.1 Å². The molecule has 1 aliphatic rings. The van der Waals surface area contributed by atoms with Crippen molar-refractivity contribution in [3.8, 4) is 0 Å². The number of nitrogens with one attached hydrogen (secondary N) is 1. The first kappa shape index (κ1) is 21.3. The second-order valence-corrected chi connectivity index (χ2v) is 6.88. The number of ether oxygens (including phenoxy) is 1. The molecule has 0 saturated carbocycles. The number of hydrogen-bond acceptors (Lipinski definition) is 8. The zero-order chi connectivity index (χ0) is 21.4. The number of aromatic nitrogens is 2. The Morgan fingerprint density at radius 1 is 1.28 bits per heavy atom. The number of alkyl halides is 1. The van der Waals surface area contributed by atoms with Crippen molar-refractivity contribution in [1.29, 1.82) is 0 Å². The van der Waals surface area contributed by atoms with Gasteiger partial charge in [-0.1, -0.05) is 30.3 Å². The molecule has 1 aliphatic heterocycles. The summed E-state index contributed by atoms with van der Waals surface area (Å²) in [5.74, 6) is -3.14. The number of aliphatic hydroxyl groups is 3. The lowest BCUT2D eigenvalue weighted by Gasteiger charge is -2.41. The first-order valence-electron chi connectivity index (χ1n) is 8.86. The Morgan fingerprint density at radius 2 is 1.93 bits per heavy atom. The number of halogens is 1. The van der Waals surface area contributed by atoms with Crippen LogP contribution in [0.3, 0.4) is 0 Å². The fourth-order valence-corrected chi connectivity index (χ4v) is 3.31. The quantitative estimate of drug-likeness (QED) is 0.294. The van der Waals surface area contributed by atoms with Gasteiger partial charge in [-0.2, -0.15) is 5.06 Å². The van der Waals surface area contributed by atoms with E-state index in [1.54, 1.807) is 30.3 Å². The van der Waals surface area contributed by atoms with Gasteiger partial charge in [0.05, 0.1) is 6.61 Å². The Balaban J connectivity index is 2.03. The van der Waals surface area contributed by atoms with Gasteiger partial charge in [-0.15, -0.1) is 0 Å². The lowest BCUT2D eigenvalue weighted by Crippen LogP contribution is -2.68. The molecule has 0 radical (unpaired) electrons. The molecule has 0 spiro atoms. The maximum Gasteiger partial charge on any atom is 0.332 e. The van der Waals surface area contributed by atoms with Crippen LogP contribution in [0, 0.1) is 6.92 Å². The Hall–Kier alpha value is -2.41. The van der Waals surface area contributed by atoms with E-state index < -0.39 is 41.8 Å². The van der Waals surface area contributed by atoms with Crippen LogP contribution in [0.15, 0.2) is 46.1 Å². The largest absolute Gasteiger partial charge is 0.394 e. The lowest BCUT2D eigenvalue weighted by atomic mass is 10.0. The second kappa shape index (κ2) is 7.78.